The van der Waals surface area contributed by atoms with Crippen LogP contribution in [0.25, 0.3) is 0 Å². The van der Waals surface area contributed by atoms with Gasteiger partial charge in [-0.3, -0.25) is 9.59 Å². The number of rotatable bonds is 7. The van der Waals surface area contributed by atoms with E-state index in [4.69, 9.17) is 16.3 Å². The van der Waals surface area contributed by atoms with Crippen molar-refractivity contribution in [3.8, 4) is 5.75 Å². The van der Waals surface area contributed by atoms with Gasteiger partial charge in [-0.15, -0.1) is 0 Å². The molecule has 0 aliphatic carbocycles. The largest absolute Gasteiger partial charge is 0.484 e. The summed E-state index contributed by atoms with van der Waals surface area (Å²) in [6.45, 7) is 7.54. The third kappa shape index (κ3) is 7.71. The quantitative estimate of drug-likeness (QED) is 0.617. The van der Waals surface area contributed by atoms with E-state index in [-0.39, 0.29) is 25.0 Å². The number of carbonyl (C=O) groups excluding carboxylic acids is 2. The number of carbonyl (C=O) groups is 2. The van der Waals surface area contributed by atoms with E-state index in [0.717, 1.165) is 10.0 Å². The Morgan fingerprint density at radius 1 is 1.10 bits per heavy atom. The lowest BCUT2D eigenvalue weighted by molar-refractivity contribution is -0.142. The summed E-state index contributed by atoms with van der Waals surface area (Å²) in [6, 6.07) is 13.8. The SMILES string of the molecule is C[C@@H](C(=O)NC(C)(C)C)N(Cc1ccc(Cl)cc1)C(=O)COc1ccc(Br)cc1. The monoisotopic (exact) mass is 480 g/mol. The van der Waals surface area contributed by atoms with E-state index in [1.165, 1.54) is 4.90 Å². The predicted octanol–water partition coefficient (Wildman–Crippen LogP) is 4.81. The first kappa shape index (κ1) is 23.2. The van der Waals surface area contributed by atoms with Crippen LogP contribution in [-0.2, 0) is 16.1 Å². The normalized spacial score (nSPS) is 12.2. The number of amides is 2. The van der Waals surface area contributed by atoms with E-state index in [1.54, 1.807) is 31.2 Å². The van der Waals surface area contributed by atoms with Crippen molar-refractivity contribution < 1.29 is 14.3 Å². The van der Waals surface area contributed by atoms with E-state index in [0.29, 0.717) is 10.8 Å². The second-order valence-electron chi connectivity index (χ2n) is 7.81. The highest BCUT2D eigenvalue weighted by atomic mass is 79.9. The molecule has 29 heavy (non-hydrogen) atoms. The molecule has 0 heterocycles. The number of nitrogens with one attached hydrogen (secondary N) is 1. The van der Waals surface area contributed by atoms with Crippen LogP contribution in [-0.4, -0.2) is 34.9 Å². The van der Waals surface area contributed by atoms with Crippen LogP contribution < -0.4 is 10.1 Å². The molecule has 5 nitrogen and oxygen atoms in total. The Morgan fingerprint density at radius 2 is 1.69 bits per heavy atom. The lowest BCUT2D eigenvalue weighted by atomic mass is 10.1. The Labute approximate surface area is 185 Å². The van der Waals surface area contributed by atoms with Crippen molar-refractivity contribution in [1.29, 1.82) is 0 Å². The molecule has 0 saturated heterocycles. The zero-order chi connectivity index (χ0) is 21.6. The molecule has 0 unspecified atom stereocenters. The second-order valence-corrected chi connectivity index (χ2v) is 9.16. The summed E-state index contributed by atoms with van der Waals surface area (Å²) in [7, 11) is 0. The fraction of sp³-hybridized carbons (Fsp3) is 0.364. The van der Waals surface area contributed by atoms with E-state index in [9.17, 15) is 9.59 Å². The van der Waals surface area contributed by atoms with E-state index in [1.807, 2.05) is 45.0 Å². The standard InChI is InChI=1S/C22H26BrClN2O3/c1-15(21(28)25-22(2,3)4)26(13-16-5-9-18(24)10-6-16)20(27)14-29-19-11-7-17(23)8-12-19/h5-12,15H,13-14H2,1-4H3,(H,25,28)/t15-/m0/s1. The molecule has 0 aliphatic rings. The highest BCUT2D eigenvalue weighted by molar-refractivity contribution is 9.10. The van der Waals surface area contributed by atoms with Gasteiger partial charge < -0.3 is 15.0 Å². The fourth-order valence-corrected chi connectivity index (χ4v) is 2.99. The van der Waals surface area contributed by atoms with Crippen LogP contribution in [0.1, 0.15) is 33.3 Å². The Hall–Kier alpha value is -2.05. The summed E-state index contributed by atoms with van der Waals surface area (Å²) < 4.78 is 6.55. The zero-order valence-electron chi connectivity index (χ0n) is 17.0. The fourth-order valence-electron chi connectivity index (χ4n) is 2.60. The number of hydrogen-bond donors (Lipinski definition) is 1. The van der Waals surface area contributed by atoms with Crippen molar-refractivity contribution in [3.63, 3.8) is 0 Å². The van der Waals surface area contributed by atoms with Crippen molar-refractivity contribution >= 4 is 39.3 Å². The van der Waals surface area contributed by atoms with E-state index >= 15 is 0 Å². The summed E-state index contributed by atoms with van der Waals surface area (Å²) in [5.41, 5.74) is 0.482. The minimum Gasteiger partial charge on any atom is -0.484 e. The first-order chi connectivity index (χ1) is 13.5. The summed E-state index contributed by atoms with van der Waals surface area (Å²) in [5, 5.41) is 3.54. The Balaban J connectivity index is 2.15. The van der Waals surface area contributed by atoms with Gasteiger partial charge in [0.15, 0.2) is 6.61 Å². The van der Waals surface area contributed by atoms with Gasteiger partial charge >= 0.3 is 0 Å². The topological polar surface area (TPSA) is 58.6 Å². The predicted molar refractivity (Wildman–Crippen MR) is 119 cm³/mol. The summed E-state index contributed by atoms with van der Waals surface area (Å²) in [5.74, 6) is 0.0858. The average Bonchev–Trinajstić information content (AvgIpc) is 2.65. The van der Waals surface area contributed by atoms with Crippen LogP contribution in [0.2, 0.25) is 5.02 Å². The molecule has 0 fully saturated rings. The summed E-state index contributed by atoms with van der Waals surface area (Å²) in [4.78, 5) is 27.2. The molecule has 7 heteroatoms. The number of nitrogens with zero attached hydrogens (tertiary/aromatic N) is 1. The molecule has 2 rings (SSSR count). The first-order valence-electron chi connectivity index (χ1n) is 9.29. The lowest BCUT2D eigenvalue weighted by Gasteiger charge is -2.31. The number of benzene rings is 2. The molecule has 1 atom stereocenters. The minimum absolute atomic E-state index is 0.164. The maximum Gasteiger partial charge on any atom is 0.261 e. The first-order valence-corrected chi connectivity index (χ1v) is 10.5. The molecular formula is C22H26BrClN2O3. The molecule has 0 saturated carbocycles. The lowest BCUT2D eigenvalue weighted by Crippen LogP contribution is -2.53. The highest BCUT2D eigenvalue weighted by Crippen LogP contribution is 2.18. The van der Waals surface area contributed by atoms with Crippen LogP contribution in [0.4, 0.5) is 0 Å². The zero-order valence-corrected chi connectivity index (χ0v) is 19.4. The Morgan fingerprint density at radius 3 is 2.24 bits per heavy atom. The molecule has 2 amide bonds. The van der Waals surface area contributed by atoms with Gasteiger partial charge in [0.2, 0.25) is 5.91 Å². The maximum absolute atomic E-state index is 13.0. The Kier molecular flexibility index (Phi) is 8.11. The third-order valence-corrected chi connectivity index (χ3v) is 4.89. The van der Waals surface area contributed by atoms with Crippen molar-refractivity contribution in [3.05, 3.63) is 63.6 Å². The van der Waals surface area contributed by atoms with Gasteiger partial charge in [0.25, 0.3) is 5.91 Å². The second kappa shape index (κ2) is 10.1. The highest BCUT2D eigenvalue weighted by Gasteiger charge is 2.28. The van der Waals surface area contributed by atoms with E-state index < -0.39 is 11.6 Å². The molecule has 156 valence electrons. The van der Waals surface area contributed by atoms with Gasteiger partial charge in [-0.05, 0) is 69.7 Å². The van der Waals surface area contributed by atoms with Gasteiger partial charge in [-0.1, -0.05) is 39.7 Å². The van der Waals surface area contributed by atoms with Crippen LogP contribution >= 0.6 is 27.5 Å². The molecule has 0 spiro atoms. The molecule has 2 aromatic carbocycles. The third-order valence-electron chi connectivity index (χ3n) is 4.11. The van der Waals surface area contributed by atoms with Crippen LogP contribution in [0.3, 0.4) is 0 Å². The Bertz CT molecular complexity index is 833. The maximum atomic E-state index is 13.0. The van der Waals surface area contributed by atoms with Gasteiger partial charge in [0.05, 0.1) is 0 Å². The van der Waals surface area contributed by atoms with Crippen molar-refractivity contribution in [2.75, 3.05) is 6.61 Å². The molecule has 2 aromatic rings. The summed E-state index contributed by atoms with van der Waals surface area (Å²) in [6.07, 6.45) is 0. The van der Waals surface area contributed by atoms with Gasteiger partial charge in [-0.2, -0.15) is 0 Å². The molecule has 0 aromatic heterocycles. The number of ether oxygens (including phenoxy) is 1. The van der Waals surface area contributed by atoms with Crippen LogP contribution in [0.5, 0.6) is 5.75 Å². The molecule has 0 aliphatic heterocycles. The van der Waals surface area contributed by atoms with E-state index in [2.05, 4.69) is 21.2 Å². The van der Waals surface area contributed by atoms with Gasteiger partial charge in [-0.25, -0.2) is 0 Å². The van der Waals surface area contributed by atoms with Crippen LogP contribution in [0, 0.1) is 0 Å². The van der Waals surface area contributed by atoms with Crippen LogP contribution in [0.15, 0.2) is 53.0 Å². The van der Waals surface area contributed by atoms with Gasteiger partial charge in [0.1, 0.15) is 11.8 Å². The minimum atomic E-state index is -0.661. The average molecular weight is 482 g/mol. The summed E-state index contributed by atoms with van der Waals surface area (Å²) >= 11 is 9.32. The van der Waals surface area contributed by atoms with Crippen molar-refractivity contribution in [2.45, 2.75) is 45.8 Å². The molecule has 0 radical (unpaired) electrons. The van der Waals surface area contributed by atoms with Crippen molar-refractivity contribution in [1.82, 2.24) is 10.2 Å². The molecular weight excluding hydrogens is 456 g/mol. The number of halogens is 2. The number of hydrogen-bond acceptors (Lipinski definition) is 3. The van der Waals surface area contributed by atoms with Gasteiger partial charge in [0, 0.05) is 21.6 Å². The van der Waals surface area contributed by atoms with Crippen molar-refractivity contribution in [2.24, 2.45) is 0 Å². The molecule has 1 N–H and O–H groups in total. The molecule has 0 bridgehead atoms. The smallest absolute Gasteiger partial charge is 0.261 e.